The van der Waals surface area contributed by atoms with Gasteiger partial charge in [-0.15, -0.1) is 0 Å². The van der Waals surface area contributed by atoms with Crippen molar-refractivity contribution in [2.75, 3.05) is 14.2 Å². The fourth-order valence-electron chi connectivity index (χ4n) is 4.72. The van der Waals surface area contributed by atoms with Crippen LogP contribution in [0.5, 0.6) is 11.5 Å². The zero-order chi connectivity index (χ0) is 21.6. The van der Waals surface area contributed by atoms with Crippen molar-refractivity contribution in [3.63, 3.8) is 0 Å². The molecule has 0 radical (unpaired) electrons. The van der Waals surface area contributed by atoms with Crippen molar-refractivity contribution in [3.05, 3.63) is 59.7 Å². The number of phenols is 1. The maximum absolute atomic E-state index is 13.0. The summed E-state index contributed by atoms with van der Waals surface area (Å²) in [7, 11) is 2.76. The lowest BCUT2D eigenvalue weighted by molar-refractivity contribution is -0.151. The van der Waals surface area contributed by atoms with Crippen LogP contribution in [-0.2, 0) is 20.8 Å². The van der Waals surface area contributed by atoms with Crippen molar-refractivity contribution < 1.29 is 29.3 Å². The molecule has 4 unspecified atom stereocenters. The fourth-order valence-corrected chi connectivity index (χ4v) is 4.72. The molecule has 2 aromatic carbocycles. The lowest BCUT2D eigenvalue weighted by atomic mass is 9.76. The molecule has 30 heavy (non-hydrogen) atoms. The standard InChI is InChI=1S/C22H22N2O6/c1-24-19(26)15-16(20(24)27)22(21(28)29,11-12-7-4-3-5-8-12)23-17(15)13-9-6-10-14(30-2)18(13)25/h3-10,15-17,23,25H,11H2,1-2H3,(H,28,29). The Labute approximate surface area is 173 Å². The third-order valence-electron chi connectivity index (χ3n) is 6.17. The Balaban J connectivity index is 1.88. The summed E-state index contributed by atoms with van der Waals surface area (Å²) in [6, 6.07) is 12.9. The number of carbonyl (C=O) groups excluding carboxylic acids is 2. The predicted octanol–water partition coefficient (Wildman–Crippen LogP) is 1.34. The Bertz CT molecular complexity index is 1020. The van der Waals surface area contributed by atoms with Gasteiger partial charge in [0, 0.05) is 25.1 Å². The zero-order valence-electron chi connectivity index (χ0n) is 16.5. The molecule has 4 atom stereocenters. The summed E-state index contributed by atoms with van der Waals surface area (Å²) in [6.45, 7) is 0. The number of fused-ring (bicyclic) bond motifs is 1. The Kier molecular flexibility index (Phi) is 4.74. The number of carboxylic acid groups (broad SMARTS) is 1. The van der Waals surface area contributed by atoms with E-state index in [2.05, 4.69) is 5.32 Å². The average Bonchev–Trinajstić information content (AvgIpc) is 3.19. The summed E-state index contributed by atoms with van der Waals surface area (Å²) in [4.78, 5) is 39.5. The van der Waals surface area contributed by atoms with E-state index < -0.39 is 41.2 Å². The molecule has 2 aromatic rings. The van der Waals surface area contributed by atoms with Gasteiger partial charge in [0.25, 0.3) is 0 Å². The molecule has 4 rings (SSSR count). The van der Waals surface area contributed by atoms with Gasteiger partial charge >= 0.3 is 5.97 Å². The van der Waals surface area contributed by atoms with Crippen LogP contribution in [0.15, 0.2) is 48.5 Å². The molecule has 3 N–H and O–H groups in total. The van der Waals surface area contributed by atoms with E-state index in [9.17, 15) is 24.6 Å². The maximum atomic E-state index is 13.0. The molecule has 156 valence electrons. The number of para-hydroxylation sites is 1. The highest BCUT2D eigenvalue weighted by Gasteiger charge is 2.68. The number of amides is 2. The van der Waals surface area contributed by atoms with Gasteiger partial charge in [0.05, 0.1) is 18.9 Å². The Hall–Kier alpha value is -3.39. The van der Waals surface area contributed by atoms with Crippen molar-refractivity contribution >= 4 is 17.8 Å². The van der Waals surface area contributed by atoms with Crippen LogP contribution in [0.1, 0.15) is 17.2 Å². The number of carbonyl (C=O) groups is 3. The number of likely N-dealkylation sites (tertiary alicyclic amines) is 1. The highest BCUT2D eigenvalue weighted by molar-refractivity contribution is 6.09. The summed E-state index contributed by atoms with van der Waals surface area (Å²) < 4.78 is 5.16. The fraction of sp³-hybridized carbons (Fsp3) is 0.318. The van der Waals surface area contributed by atoms with Gasteiger partial charge in [0.2, 0.25) is 11.8 Å². The Morgan fingerprint density at radius 3 is 2.47 bits per heavy atom. The number of hydrogen-bond acceptors (Lipinski definition) is 6. The highest BCUT2D eigenvalue weighted by Crippen LogP contribution is 2.51. The Morgan fingerprint density at radius 2 is 1.83 bits per heavy atom. The molecule has 2 amide bonds. The number of ether oxygens (including phenoxy) is 1. The van der Waals surface area contributed by atoms with E-state index in [4.69, 9.17) is 4.74 Å². The largest absolute Gasteiger partial charge is 0.504 e. The number of rotatable bonds is 5. The van der Waals surface area contributed by atoms with Gasteiger partial charge in [0.15, 0.2) is 11.5 Å². The smallest absolute Gasteiger partial charge is 0.325 e. The average molecular weight is 410 g/mol. The van der Waals surface area contributed by atoms with E-state index in [1.807, 2.05) is 6.07 Å². The first-order valence-electron chi connectivity index (χ1n) is 9.54. The maximum Gasteiger partial charge on any atom is 0.325 e. The molecule has 0 aromatic heterocycles. The normalized spacial score (nSPS) is 27.9. The van der Waals surface area contributed by atoms with E-state index in [-0.39, 0.29) is 17.9 Å². The van der Waals surface area contributed by atoms with Gasteiger partial charge in [-0.25, -0.2) is 0 Å². The predicted molar refractivity (Wildman–Crippen MR) is 106 cm³/mol. The number of carboxylic acids is 1. The highest BCUT2D eigenvalue weighted by atomic mass is 16.5. The third kappa shape index (κ3) is 2.75. The van der Waals surface area contributed by atoms with Crippen molar-refractivity contribution in [2.45, 2.75) is 18.0 Å². The second kappa shape index (κ2) is 7.14. The SMILES string of the molecule is COc1cccc(C2NC(Cc3ccccc3)(C(=O)O)C3C(=O)N(C)C(=O)C23)c1O. The number of hydrogen-bond donors (Lipinski definition) is 3. The van der Waals surface area contributed by atoms with Gasteiger partial charge in [-0.05, 0) is 11.6 Å². The summed E-state index contributed by atoms with van der Waals surface area (Å²) in [5.74, 6) is -4.29. The zero-order valence-corrected chi connectivity index (χ0v) is 16.5. The molecule has 2 aliphatic rings. The molecular weight excluding hydrogens is 388 g/mol. The van der Waals surface area contributed by atoms with Crippen LogP contribution in [0.3, 0.4) is 0 Å². The summed E-state index contributed by atoms with van der Waals surface area (Å²) in [5.41, 5.74) is -0.669. The molecule has 0 spiro atoms. The van der Waals surface area contributed by atoms with Crippen molar-refractivity contribution in [1.82, 2.24) is 10.2 Å². The van der Waals surface area contributed by atoms with Crippen LogP contribution in [0.25, 0.3) is 0 Å². The number of methoxy groups -OCH3 is 1. The molecule has 0 bridgehead atoms. The second-order valence-electron chi connectivity index (χ2n) is 7.70. The minimum atomic E-state index is -1.70. The van der Waals surface area contributed by atoms with Gasteiger partial charge in [0.1, 0.15) is 5.54 Å². The molecule has 0 saturated carbocycles. The number of aromatic hydroxyl groups is 1. The molecule has 0 aliphatic carbocycles. The molecular formula is C22H22N2O6. The number of phenolic OH excluding ortho intramolecular Hbond substituents is 1. The molecule has 2 saturated heterocycles. The van der Waals surface area contributed by atoms with Gasteiger partial charge in [-0.2, -0.15) is 0 Å². The summed E-state index contributed by atoms with van der Waals surface area (Å²) in [5, 5.41) is 24.0. The van der Waals surface area contributed by atoms with E-state index in [0.29, 0.717) is 5.56 Å². The number of nitrogens with zero attached hydrogens (tertiary/aromatic N) is 1. The third-order valence-corrected chi connectivity index (χ3v) is 6.17. The molecule has 2 aliphatic heterocycles. The molecule has 8 nitrogen and oxygen atoms in total. The van der Waals surface area contributed by atoms with Crippen LogP contribution in [0.2, 0.25) is 0 Å². The number of benzene rings is 2. The van der Waals surface area contributed by atoms with E-state index >= 15 is 0 Å². The van der Waals surface area contributed by atoms with Gasteiger partial charge < -0.3 is 14.9 Å². The van der Waals surface area contributed by atoms with Crippen LogP contribution >= 0.6 is 0 Å². The van der Waals surface area contributed by atoms with Crippen LogP contribution in [-0.4, -0.2) is 52.6 Å². The van der Waals surface area contributed by atoms with Crippen molar-refractivity contribution in [2.24, 2.45) is 11.8 Å². The number of nitrogens with one attached hydrogen (secondary N) is 1. The second-order valence-corrected chi connectivity index (χ2v) is 7.70. The minimum Gasteiger partial charge on any atom is -0.504 e. The van der Waals surface area contributed by atoms with Crippen LogP contribution < -0.4 is 10.1 Å². The van der Waals surface area contributed by atoms with Gasteiger partial charge in [-0.1, -0.05) is 42.5 Å². The molecule has 2 heterocycles. The monoisotopic (exact) mass is 410 g/mol. The van der Waals surface area contributed by atoms with E-state index in [0.717, 1.165) is 10.5 Å². The molecule has 2 fully saturated rings. The number of imide groups is 1. The van der Waals surface area contributed by atoms with Crippen LogP contribution in [0, 0.1) is 11.8 Å². The van der Waals surface area contributed by atoms with Crippen LogP contribution in [0.4, 0.5) is 0 Å². The van der Waals surface area contributed by atoms with Crippen molar-refractivity contribution in [1.29, 1.82) is 0 Å². The van der Waals surface area contributed by atoms with E-state index in [1.165, 1.54) is 14.2 Å². The first-order chi connectivity index (χ1) is 14.3. The minimum absolute atomic E-state index is 0.0123. The first-order valence-corrected chi connectivity index (χ1v) is 9.54. The summed E-state index contributed by atoms with van der Waals surface area (Å²) >= 11 is 0. The van der Waals surface area contributed by atoms with E-state index in [1.54, 1.807) is 42.5 Å². The molecule has 8 heteroatoms. The lowest BCUT2D eigenvalue weighted by Gasteiger charge is -2.31. The quantitative estimate of drug-likeness (QED) is 0.637. The van der Waals surface area contributed by atoms with Gasteiger partial charge in [-0.3, -0.25) is 24.6 Å². The lowest BCUT2D eigenvalue weighted by Crippen LogP contribution is -2.57. The number of aliphatic carboxylic acids is 1. The Morgan fingerprint density at radius 1 is 1.13 bits per heavy atom. The topological polar surface area (TPSA) is 116 Å². The first kappa shape index (κ1) is 19.9. The summed E-state index contributed by atoms with van der Waals surface area (Å²) in [6.07, 6.45) is 0.0123. The van der Waals surface area contributed by atoms with Crippen molar-refractivity contribution in [3.8, 4) is 11.5 Å².